The molecule has 3 rings (SSSR count). The number of halogens is 1. The Bertz CT molecular complexity index is 643. The quantitative estimate of drug-likeness (QED) is 0.878. The number of anilines is 1. The lowest BCUT2D eigenvalue weighted by Crippen LogP contribution is -2.16. The van der Waals surface area contributed by atoms with Crippen LogP contribution in [0.15, 0.2) is 22.7 Å². The fourth-order valence-electron chi connectivity index (χ4n) is 2.26. The van der Waals surface area contributed by atoms with Crippen molar-refractivity contribution in [3.05, 3.63) is 39.5 Å². The van der Waals surface area contributed by atoms with Crippen LogP contribution >= 0.6 is 15.9 Å². The zero-order chi connectivity index (χ0) is 13.4. The highest BCUT2D eigenvalue weighted by Crippen LogP contribution is 2.27. The minimum Gasteiger partial charge on any atom is -0.383 e. The second-order valence-corrected chi connectivity index (χ2v) is 5.54. The van der Waals surface area contributed by atoms with Crippen LogP contribution in [0.1, 0.15) is 16.8 Å². The molecule has 0 atom stereocenters. The number of hydrogen-bond donors (Lipinski definition) is 1. The first-order valence-corrected chi connectivity index (χ1v) is 6.94. The molecule has 19 heavy (non-hydrogen) atoms. The number of hydrogen-bond acceptors (Lipinski definition) is 4. The van der Waals surface area contributed by atoms with Gasteiger partial charge in [0, 0.05) is 22.0 Å². The molecule has 0 aliphatic carbocycles. The van der Waals surface area contributed by atoms with Gasteiger partial charge in [-0.15, -0.1) is 0 Å². The van der Waals surface area contributed by atoms with Crippen molar-refractivity contribution in [1.29, 1.82) is 0 Å². The molecule has 1 aromatic heterocycles. The fraction of sp³-hybridized carbons (Fsp3) is 0.286. The van der Waals surface area contributed by atoms with Crippen molar-refractivity contribution in [2.45, 2.75) is 20.0 Å². The van der Waals surface area contributed by atoms with E-state index in [-0.39, 0.29) is 0 Å². The molecule has 2 aromatic rings. The van der Waals surface area contributed by atoms with Gasteiger partial charge in [0.2, 0.25) is 0 Å². The van der Waals surface area contributed by atoms with Crippen molar-refractivity contribution in [3.8, 4) is 11.4 Å². The fourth-order valence-corrected chi connectivity index (χ4v) is 2.73. The molecule has 2 N–H and O–H groups in total. The van der Waals surface area contributed by atoms with E-state index in [0.717, 1.165) is 33.3 Å². The first-order valence-electron chi connectivity index (χ1n) is 6.14. The van der Waals surface area contributed by atoms with Crippen molar-refractivity contribution >= 4 is 21.7 Å². The van der Waals surface area contributed by atoms with E-state index in [1.807, 2.05) is 19.1 Å². The van der Waals surface area contributed by atoms with Gasteiger partial charge in [-0.2, -0.15) is 0 Å². The topological polar surface area (TPSA) is 61.0 Å². The number of nitrogens with two attached hydrogens (primary N) is 1. The van der Waals surface area contributed by atoms with E-state index >= 15 is 0 Å². The lowest BCUT2D eigenvalue weighted by molar-refractivity contribution is 0.109. The summed E-state index contributed by atoms with van der Waals surface area (Å²) in [5.74, 6) is 1.23. The first kappa shape index (κ1) is 12.6. The molecule has 0 saturated carbocycles. The second-order valence-electron chi connectivity index (χ2n) is 4.62. The molecule has 1 aromatic carbocycles. The van der Waals surface area contributed by atoms with Crippen LogP contribution in [0, 0.1) is 6.92 Å². The monoisotopic (exact) mass is 319 g/mol. The molecule has 5 heteroatoms. The summed E-state index contributed by atoms with van der Waals surface area (Å²) < 4.78 is 6.44. The van der Waals surface area contributed by atoms with Crippen molar-refractivity contribution in [1.82, 2.24) is 9.97 Å². The lowest BCUT2D eigenvalue weighted by atomic mass is 10.1. The summed E-state index contributed by atoms with van der Waals surface area (Å²) in [5.41, 5.74) is 10.1. The van der Waals surface area contributed by atoms with Gasteiger partial charge in [0.05, 0.1) is 18.9 Å². The molecule has 4 nitrogen and oxygen atoms in total. The summed E-state index contributed by atoms with van der Waals surface area (Å²) in [6, 6.07) is 6.06. The standard InChI is InChI=1S/C14H14BrN3O/c1-8-6-9(15)2-3-10(8)14-17-12-4-5-19-7-11(12)13(16)18-14/h2-3,6H,4-5,7H2,1H3,(H2,16,17,18). The van der Waals surface area contributed by atoms with Crippen LogP contribution in [0.5, 0.6) is 0 Å². The molecular formula is C14H14BrN3O. The van der Waals surface area contributed by atoms with Gasteiger partial charge in [-0.1, -0.05) is 15.9 Å². The van der Waals surface area contributed by atoms with Crippen LogP contribution in [0.2, 0.25) is 0 Å². The zero-order valence-electron chi connectivity index (χ0n) is 10.6. The number of nitrogen functional groups attached to an aromatic ring is 1. The molecular weight excluding hydrogens is 306 g/mol. The number of rotatable bonds is 1. The van der Waals surface area contributed by atoms with E-state index in [1.165, 1.54) is 0 Å². The van der Waals surface area contributed by atoms with Crippen LogP contribution in [0.25, 0.3) is 11.4 Å². The van der Waals surface area contributed by atoms with Gasteiger partial charge in [0.25, 0.3) is 0 Å². The van der Waals surface area contributed by atoms with Crippen molar-refractivity contribution < 1.29 is 4.74 Å². The molecule has 0 unspecified atom stereocenters. The molecule has 0 radical (unpaired) electrons. The third-order valence-electron chi connectivity index (χ3n) is 3.28. The smallest absolute Gasteiger partial charge is 0.162 e. The molecule has 0 spiro atoms. The maximum absolute atomic E-state index is 6.02. The third-order valence-corrected chi connectivity index (χ3v) is 3.78. The lowest BCUT2D eigenvalue weighted by Gasteiger charge is -2.18. The molecule has 0 fully saturated rings. The largest absolute Gasteiger partial charge is 0.383 e. The van der Waals surface area contributed by atoms with Gasteiger partial charge in [-0.25, -0.2) is 9.97 Å². The summed E-state index contributed by atoms with van der Waals surface area (Å²) >= 11 is 3.46. The highest BCUT2D eigenvalue weighted by atomic mass is 79.9. The Hall–Kier alpha value is -1.46. The van der Waals surface area contributed by atoms with Crippen LogP contribution in [-0.2, 0) is 17.8 Å². The summed E-state index contributed by atoms with van der Waals surface area (Å²) in [6.07, 6.45) is 0.796. The van der Waals surface area contributed by atoms with Crippen LogP contribution in [-0.4, -0.2) is 16.6 Å². The number of nitrogens with zero attached hydrogens (tertiary/aromatic N) is 2. The van der Waals surface area contributed by atoms with Crippen molar-refractivity contribution in [3.63, 3.8) is 0 Å². The molecule has 1 aliphatic rings. The SMILES string of the molecule is Cc1cc(Br)ccc1-c1nc(N)c2c(n1)CCOC2. The highest BCUT2D eigenvalue weighted by molar-refractivity contribution is 9.10. The number of fused-ring (bicyclic) bond motifs is 1. The van der Waals surface area contributed by atoms with Gasteiger partial charge in [-0.05, 0) is 30.7 Å². The molecule has 0 amide bonds. The Morgan fingerprint density at radius 3 is 2.95 bits per heavy atom. The van der Waals surface area contributed by atoms with Crippen LogP contribution in [0.4, 0.5) is 5.82 Å². The van der Waals surface area contributed by atoms with E-state index in [4.69, 9.17) is 10.5 Å². The molecule has 0 bridgehead atoms. The minimum absolute atomic E-state index is 0.515. The van der Waals surface area contributed by atoms with E-state index in [0.29, 0.717) is 24.9 Å². The van der Waals surface area contributed by atoms with Gasteiger partial charge >= 0.3 is 0 Å². The van der Waals surface area contributed by atoms with E-state index in [1.54, 1.807) is 0 Å². The normalized spacial score (nSPS) is 14.2. The Morgan fingerprint density at radius 1 is 1.32 bits per heavy atom. The average Bonchev–Trinajstić information content (AvgIpc) is 2.38. The highest BCUT2D eigenvalue weighted by Gasteiger charge is 2.17. The summed E-state index contributed by atoms with van der Waals surface area (Å²) in [6.45, 7) is 3.26. The first-order chi connectivity index (χ1) is 9.15. The Labute approximate surface area is 120 Å². The van der Waals surface area contributed by atoms with Crippen LogP contribution < -0.4 is 5.73 Å². The minimum atomic E-state index is 0.515. The molecule has 2 heterocycles. The summed E-state index contributed by atoms with van der Waals surface area (Å²) in [4.78, 5) is 9.07. The molecule has 0 saturated heterocycles. The summed E-state index contributed by atoms with van der Waals surface area (Å²) in [5, 5.41) is 0. The molecule has 1 aliphatic heterocycles. The number of ether oxygens (including phenoxy) is 1. The van der Waals surface area contributed by atoms with Gasteiger partial charge in [0.1, 0.15) is 5.82 Å². The van der Waals surface area contributed by atoms with Gasteiger partial charge in [0.15, 0.2) is 5.82 Å². The maximum atomic E-state index is 6.02. The second kappa shape index (κ2) is 4.90. The van der Waals surface area contributed by atoms with Crippen molar-refractivity contribution in [2.24, 2.45) is 0 Å². The van der Waals surface area contributed by atoms with Crippen LogP contribution in [0.3, 0.4) is 0 Å². The third kappa shape index (κ3) is 2.35. The van der Waals surface area contributed by atoms with E-state index in [2.05, 4.69) is 32.0 Å². The van der Waals surface area contributed by atoms with Gasteiger partial charge < -0.3 is 10.5 Å². The predicted molar refractivity (Wildman–Crippen MR) is 77.7 cm³/mol. The summed E-state index contributed by atoms with van der Waals surface area (Å²) in [7, 11) is 0. The zero-order valence-corrected chi connectivity index (χ0v) is 12.2. The number of benzene rings is 1. The van der Waals surface area contributed by atoms with Gasteiger partial charge in [-0.3, -0.25) is 0 Å². The van der Waals surface area contributed by atoms with Crippen molar-refractivity contribution in [2.75, 3.05) is 12.3 Å². The number of aromatic nitrogens is 2. The Morgan fingerprint density at radius 2 is 2.16 bits per heavy atom. The average molecular weight is 320 g/mol. The van der Waals surface area contributed by atoms with E-state index in [9.17, 15) is 0 Å². The number of aryl methyl sites for hydroxylation is 1. The Kier molecular flexibility index (Phi) is 3.24. The molecule has 98 valence electrons. The Balaban J connectivity index is 2.13. The predicted octanol–water partition coefficient (Wildman–Crippen LogP) is 2.87. The van der Waals surface area contributed by atoms with E-state index < -0.39 is 0 Å². The maximum Gasteiger partial charge on any atom is 0.162 e.